The van der Waals surface area contributed by atoms with E-state index in [1.54, 1.807) is 0 Å². The summed E-state index contributed by atoms with van der Waals surface area (Å²) in [5.41, 5.74) is 0. The summed E-state index contributed by atoms with van der Waals surface area (Å²) in [6.45, 7) is 1.85. The van der Waals surface area contributed by atoms with Gasteiger partial charge >= 0.3 is 0 Å². The molecule has 8 heavy (non-hydrogen) atoms. The molecule has 0 bridgehead atoms. The van der Waals surface area contributed by atoms with Crippen molar-refractivity contribution in [2.24, 2.45) is 0 Å². The van der Waals surface area contributed by atoms with Crippen LogP contribution in [0.15, 0.2) is 0 Å². The Morgan fingerprint density at radius 3 is 2.12 bits per heavy atom. The van der Waals surface area contributed by atoms with Gasteiger partial charge in [-0.1, -0.05) is 6.92 Å². The van der Waals surface area contributed by atoms with Crippen LogP contribution in [0.1, 0.15) is 13.3 Å². The molecule has 0 saturated heterocycles. The van der Waals surface area contributed by atoms with E-state index in [2.05, 4.69) is 0 Å². The monoisotopic (exact) mass is 135 g/mol. The molecule has 0 aromatic carbocycles. The molecule has 0 aromatic rings. The van der Waals surface area contributed by atoms with Crippen molar-refractivity contribution in [3.05, 3.63) is 6.42 Å². The van der Waals surface area contributed by atoms with Gasteiger partial charge in [0.15, 0.2) is 0 Å². The van der Waals surface area contributed by atoms with E-state index in [0.29, 0.717) is 6.42 Å². The highest BCUT2D eigenvalue weighted by Gasteiger charge is 1.97. The maximum absolute atomic E-state index is 10.4. The first-order valence-electron chi connectivity index (χ1n) is 2.52. The van der Waals surface area contributed by atoms with Crippen molar-refractivity contribution in [1.29, 1.82) is 0 Å². The van der Waals surface area contributed by atoms with Gasteiger partial charge in [0, 0.05) is 6.26 Å². The summed E-state index contributed by atoms with van der Waals surface area (Å²) >= 11 is 0. The Morgan fingerprint density at radius 1 is 1.50 bits per heavy atom. The van der Waals surface area contributed by atoms with Crippen LogP contribution in [-0.4, -0.2) is 20.4 Å². The Labute approximate surface area is 50.8 Å². The summed E-state index contributed by atoms with van der Waals surface area (Å²) in [4.78, 5) is 0. The minimum absolute atomic E-state index is 0.281. The zero-order valence-electron chi connectivity index (χ0n) is 5.22. The minimum atomic E-state index is -2.72. The van der Waals surface area contributed by atoms with Gasteiger partial charge in [0.25, 0.3) is 0 Å². The van der Waals surface area contributed by atoms with Gasteiger partial charge in [-0.15, -0.1) is 0 Å². The third-order valence-corrected chi connectivity index (χ3v) is 1.75. The second-order valence-electron chi connectivity index (χ2n) is 1.83. The van der Waals surface area contributed by atoms with E-state index in [4.69, 9.17) is 0 Å². The fourth-order valence-electron chi connectivity index (χ4n) is 0.332. The van der Waals surface area contributed by atoms with Crippen molar-refractivity contribution >= 4 is 9.84 Å². The molecule has 0 amide bonds. The van der Waals surface area contributed by atoms with Crippen molar-refractivity contribution < 1.29 is 8.42 Å². The lowest BCUT2D eigenvalue weighted by Gasteiger charge is -1.91. The molecule has 0 aliphatic carbocycles. The molecule has 3 heteroatoms. The van der Waals surface area contributed by atoms with E-state index in [1.807, 2.05) is 13.3 Å². The third kappa shape index (κ3) is 5.95. The van der Waals surface area contributed by atoms with E-state index in [0.717, 1.165) is 0 Å². The molecule has 1 radical (unpaired) electrons. The SMILES string of the molecule is C[CH]CCS(C)(=O)=O. The number of hydrogen-bond donors (Lipinski definition) is 0. The van der Waals surface area contributed by atoms with Crippen LogP contribution in [0.2, 0.25) is 0 Å². The number of hydrogen-bond acceptors (Lipinski definition) is 2. The predicted molar refractivity (Wildman–Crippen MR) is 34.3 cm³/mol. The Morgan fingerprint density at radius 2 is 2.00 bits per heavy atom. The molecule has 0 aliphatic rings. The number of rotatable bonds is 3. The molecule has 0 aromatic heterocycles. The van der Waals surface area contributed by atoms with E-state index >= 15 is 0 Å². The molecular formula is C5H11O2S. The predicted octanol–water partition coefficient (Wildman–Crippen LogP) is 0.645. The highest BCUT2D eigenvalue weighted by molar-refractivity contribution is 7.90. The summed E-state index contributed by atoms with van der Waals surface area (Å²) in [5, 5.41) is 0. The molecule has 0 unspecified atom stereocenters. The largest absolute Gasteiger partial charge is 0.229 e. The molecule has 2 nitrogen and oxygen atoms in total. The summed E-state index contributed by atoms with van der Waals surface area (Å²) in [6, 6.07) is 0. The number of unbranched alkanes of at least 4 members (excludes halogenated alkanes) is 1. The molecule has 49 valence electrons. The highest BCUT2D eigenvalue weighted by Crippen LogP contribution is 1.90. The Hall–Kier alpha value is -0.0500. The van der Waals surface area contributed by atoms with Gasteiger partial charge in [-0.2, -0.15) is 0 Å². The van der Waals surface area contributed by atoms with Gasteiger partial charge in [-0.05, 0) is 12.8 Å². The molecule has 0 saturated carbocycles. The fraction of sp³-hybridized carbons (Fsp3) is 0.800. The van der Waals surface area contributed by atoms with Crippen molar-refractivity contribution in [2.75, 3.05) is 12.0 Å². The topological polar surface area (TPSA) is 34.1 Å². The standard InChI is InChI=1S/C5H11O2S/c1-3-4-5-8(2,6)7/h3H,4-5H2,1-2H3. The van der Waals surface area contributed by atoms with Crippen LogP contribution in [0.3, 0.4) is 0 Å². The lowest BCUT2D eigenvalue weighted by Crippen LogP contribution is -2.01. The van der Waals surface area contributed by atoms with Gasteiger partial charge in [-0.3, -0.25) is 0 Å². The zero-order chi connectivity index (χ0) is 6.62. The summed E-state index contributed by atoms with van der Waals surface area (Å²) in [6.07, 6.45) is 3.76. The lowest BCUT2D eigenvalue weighted by atomic mass is 10.4. The highest BCUT2D eigenvalue weighted by atomic mass is 32.2. The van der Waals surface area contributed by atoms with Crippen LogP contribution in [0.5, 0.6) is 0 Å². The first kappa shape index (κ1) is 7.95. The van der Waals surface area contributed by atoms with E-state index in [9.17, 15) is 8.42 Å². The molecule has 0 spiro atoms. The molecule has 0 fully saturated rings. The van der Waals surface area contributed by atoms with Crippen molar-refractivity contribution in [3.63, 3.8) is 0 Å². The summed E-state index contributed by atoms with van der Waals surface area (Å²) < 4.78 is 20.7. The van der Waals surface area contributed by atoms with Crippen LogP contribution in [0.25, 0.3) is 0 Å². The smallest absolute Gasteiger partial charge is 0.147 e. The second kappa shape index (κ2) is 3.07. The van der Waals surface area contributed by atoms with Gasteiger partial charge in [0.2, 0.25) is 0 Å². The van der Waals surface area contributed by atoms with Gasteiger partial charge in [0.05, 0.1) is 5.75 Å². The number of sulfone groups is 1. The third-order valence-electron chi connectivity index (χ3n) is 0.777. The second-order valence-corrected chi connectivity index (χ2v) is 4.09. The van der Waals surface area contributed by atoms with Crippen LogP contribution in [0.4, 0.5) is 0 Å². The van der Waals surface area contributed by atoms with Crippen LogP contribution in [-0.2, 0) is 9.84 Å². The van der Waals surface area contributed by atoms with E-state index < -0.39 is 9.84 Å². The normalized spacial score (nSPS) is 11.8. The van der Waals surface area contributed by atoms with Crippen molar-refractivity contribution in [2.45, 2.75) is 13.3 Å². The zero-order valence-corrected chi connectivity index (χ0v) is 6.03. The average Bonchev–Trinajstić information content (AvgIpc) is 1.59. The van der Waals surface area contributed by atoms with Gasteiger partial charge in [0.1, 0.15) is 9.84 Å². The van der Waals surface area contributed by atoms with Gasteiger partial charge in [-0.25, -0.2) is 8.42 Å². The minimum Gasteiger partial charge on any atom is -0.229 e. The first-order chi connectivity index (χ1) is 3.56. The summed E-state index contributed by atoms with van der Waals surface area (Å²) in [7, 11) is -2.72. The maximum atomic E-state index is 10.4. The lowest BCUT2D eigenvalue weighted by molar-refractivity contribution is 0.601. The first-order valence-corrected chi connectivity index (χ1v) is 4.58. The van der Waals surface area contributed by atoms with Gasteiger partial charge < -0.3 is 0 Å². The van der Waals surface area contributed by atoms with Crippen LogP contribution < -0.4 is 0 Å². The quantitative estimate of drug-likeness (QED) is 0.569. The fourth-order valence-corrected chi connectivity index (χ4v) is 0.996. The summed E-state index contributed by atoms with van der Waals surface area (Å²) in [5.74, 6) is 0.281. The Bertz CT molecular complexity index is 135. The van der Waals surface area contributed by atoms with E-state index in [1.165, 1.54) is 6.26 Å². The Kier molecular flexibility index (Phi) is 3.05. The van der Waals surface area contributed by atoms with Crippen molar-refractivity contribution in [3.8, 4) is 0 Å². The molecular weight excluding hydrogens is 124 g/mol. The van der Waals surface area contributed by atoms with Crippen LogP contribution >= 0.6 is 0 Å². The molecule has 0 rings (SSSR count). The van der Waals surface area contributed by atoms with E-state index in [-0.39, 0.29) is 5.75 Å². The van der Waals surface area contributed by atoms with Crippen LogP contribution in [0, 0.1) is 6.42 Å². The molecule has 0 N–H and O–H groups in total. The average molecular weight is 135 g/mol. The molecule has 0 atom stereocenters. The molecule has 0 heterocycles. The Balaban J connectivity index is 3.42. The molecule has 0 aliphatic heterocycles. The maximum Gasteiger partial charge on any atom is 0.147 e. The van der Waals surface area contributed by atoms with Crippen molar-refractivity contribution in [1.82, 2.24) is 0 Å².